The number of halogens is 4. The molecule has 2 fully saturated rings. The van der Waals surface area contributed by atoms with Crippen molar-refractivity contribution in [1.29, 1.82) is 0 Å². The third-order valence-corrected chi connectivity index (χ3v) is 14.3. The van der Waals surface area contributed by atoms with Gasteiger partial charge in [0.2, 0.25) is 0 Å². The van der Waals surface area contributed by atoms with Crippen LogP contribution in [0.25, 0.3) is 44.7 Å². The number of rotatable bonds is 8. The number of quaternary nitrogens is 1. The van der Waals surface area contributed by atoms with E-state index in [9.17, 15) is 26.8 Å². The first-order valence-electron chi connectivity index (χ1n) is 22.5. The minimum absolute atomic E-state index is 0. The maximum absolute atomic E-state index is 13.7. The van der Waals surface area contributed by atoms with E-state index >= 15 is 0 Å². The number of carbonyl (C=O) groups is 2. The van der Waals surface area contributed by atoms with Crippen molar-refractivity contribution in [3.05, 3.63) is 120 Å². The number of aromatic nitrogens is 4. The van der Waals surface area contributed by atoms with E-state index in [1.165, 1.54) is 41.1 Å². The van der Waals surface area contributed by atoms with Crippen molar-refractivity contribution < 1.29 is 58.1 Å². The standard InChI is InChI=1S/C27H30FN5O4S.C23H26FN3O2.ClH.FH/c1-17(2)20-12-21(18-6-8-19(28)9-7-18)30-22-13-23(37-25(20)22)26(34)33-11-10-32(15-27(33,3)4)38(35,36)24-14-31(5)16-29-24;1-14(2)17-11-18(15-5-7-16(24)8-6-15)26-19-12-20(29-21(17)19)22(28)27-10-9-25-13-23(27,3)4;;/h6-9,12-14,16-17H,10-11,15H2,1-5H3;5-8,11-12,14,25H,9-10,13H2,1-4H3;2*1H. The number of hydrogen-bond acceptors (Lipinski definition) is 9. The van der Waals surface area contributed by atoms with Crippen LogP contribution in [-0.2, 0) is 17.1 Å². The van der Waals surface area contributed by atoms with Crippen LogP contribution in [0.2, 0.25) is 0 Å². The number of benzene rings is 2. The zero-order valence-corrected chi connectivity index (χ0v) is 41.7. The number of carbonyl (C=O) groups excluding carboxylic acids is 2. The van der Waals surface area contributed by atoms with E-state index in [0.29, 0.717) is 40.2 Å². The highest BCUT2D eigenvalue weighted by molar-refractivity contribution is 7.89. The first-order valence-corrected chi connectivity index (χ1v) is 23.9. The van der Waals surface area contributed by atoms with E-state index < -0.39 is 15.6 Å². The monoisotopic (exact) mass is 990 g/mol. The highest BCUT2D eigenvalue weighted by Crippen LogP contribution is 2.35. The van der Waals surface area contributed by atoms with Crippen molar-refractivity contribution in [1.82, 2.24) is 33.6 Å². The summed E-state index contributed by atoms with van der Waals surface area (Å²) >= 11 is 0. The Bertz CT molecular complexity index is 3100. The minimum atomic E-state index is -3.79. The van der Waals surface area contributed by atoms with E-state index in [4.69, 9.17) is 18.8 Å². The SMILES string of the molecule is CC(C)c1cc(-c2ccc(F)cc2)nc2cc(C(=O)N3CCN(S(=O)(=O)c4cn(C)cn4)CC3(C)C)oc12.CC(C)c1cc(-c2ccc(F)cc2)nc2cc(C(=O)N3CC[NH2+]CC3(C)C)oc12.F.[Cl-]. The highest BCUT2D eigenvalue weighted by atomic mass is 35.5. The zero-order valence-electron chi connectivity index (χ0n) is 40.1. The molecule has 2 aliphatic heterocycles. The largest absolute Gasteiger partial charge is 1.00 e. The number of imidazole rings is 1. The molecular formula is C50H58ClF3N8O6S. The molecule has 0 spiro atoms. The molecule has 2 aliphatic rings. The van der Waals surface area contributed by atoms with Crippen LogP contribution in [0.5, 0.6) is 0 Å². The number of amides is 2. The van der Waals surface area contributed by atoms with Gasteiger partial charge in [0.05, 0.1) is 48.4 Å². The van der Waals surface area contributed by atoms with Gasteiger partial charge in [0.1, 0.15) is 22.7 Å². The summed E-state index contributed by atoms with van der Waals surface area (Å²) in [5, 5.41) is 2.22. The number of aryl methyl sites for hydroxylation is 1. The number of furan rings is 2. The first-order chi connectivity index (χ1) is 31.6. The van der Waals surface area contributed by atoms with Gasteiger partial charge in [-0.1, -0.05) is 27.7 Å². The number of fused-ring (bicyclic) bond motifs is 2. The second-order valence-corrected chi connectivity index (χ2v) is 21.1. The quantitative estimate of drug-likeness (QED) is 0.218. The Hall–Kier alpha value is -6.08. The Kier molecular flexibility index (Phi) is 15.2. The lowest BCUT2D eigenvalue weighted by Gasteiger charge is -2.45. The van der Waals surface area contributed by atoms with Gasteiger partial charge in [-0.15, -0.1) is 0 Å². The van der Waals surface area contributed by atoms with Gasteiger partial charge in [-0.2, -0.15) is 4.31 Å². The van der Waals surface area contributed by atoms with Crippen LogP contribution in [0.4, 0.5) is 13.5 Å². The molecule has 7 heterocycles. The number of nitrogens with two attached hydrogens (primary N) is 1. The predicted molar refractivity (Wildman–Crippen MR) is 253 cm³/mol. The molecule has 0 atom stereocenters. The Morgan fingerprint density at radius 2 is 1.17 bits per heavy atom. The normalized spacial score (nSPS) is 16.0. The van der Waals surface area contributed by atoms with Crippen molar-refractivity contribution in [2.24, 2.45) is 7.05 Å². The van der Waals surface area contributed by atoms with Crippen molar-refractivity contribution in [2.45, 2.75) is 83.3 Å². The maximum atomic E-state index is 13.7. The Morgan fingerprint density at radius 1 is 0.710 bits per heavy atom. The first kappa shape index (κ1) is 52.3. The molecule has 2 aromatic carbocycles. The molecule has 0 radical (unpaired) electrons. The van der Waals surface area contributed by atoms with Crippen LogP contribution >= 0.6 is 0 Å². The summed E-state index contributed by atoms with van der Waals surface area (Å²) in [6, 6.07) is 19.6. The Labute approximate surface area is 405 Å². The molecule has 0 saturated carbocycles. The summed E-state index contributed by atoms with van der Waals surface area (Å²) in [5.41, 5.74) is 6.20. The molecule has 9 rings (SSSR count). The lowest BCUT2D eigenvalue weighted by Crippen LogP contribution is -3.00. The molecule has 14 nitrogen and oxygen atoms in total. The second kappa shape index (κ2) is 20.1. The third-order valence-electron chi connectivity index (χ3n) is 12.5. The van der Waals surface area contributed by atoms with E-state index in [1.807, 2.05) is 44.7 Å². The molecule has 19 heteroatoms. The van der Waals surface area contributed by atoms with Gasteiger partial charge in [0, 0.05) is 67.3 Å². The zero-order chi connectivity index (χ0) is 48.2. The molecule has 2 saturated heterocycles. The minimum Gasteiger partial charge on any atom is -1.00 e. The van der Waals surface area contributed by atoms with Crippen molar-refractivity contribution >= 4 is 44.0 Å². The summed E-state index contributed by atoms with van der Waals surface area (Å²) in [6.07, 6.45) is 2.91. The lowest BCUT2D eigenvalue weighted by molar-refractivity contribution is -0.673. The highest BCUT2D eigenvalue weighted by Gasteiger charge is 2.43. The summed E-state index contributed by atoms with van der Waals surface area (Å²) in [5.74, 6) is -0.303. The summed E-state index contributed by atoms with van der Waals surface area (Å²) in [4.78, 5) is 43.8. The number of sulfonamides is 1. The molecule has 2 N–H and O–H groups in total. The van der Waals surface area contributed by atoms with E-state index in [1.54, 1.807) is 52.9 Å². The molecule has 2 amide bonds. The van der Waals surface area contributed by atoms with Gasteiger partial charge < -0.3 is 40.9 Å². The van der Waals surface area contributed by atoms with Crippen LogP contribution in [0, 0.1) is 11.6 Å². The summed E-state index contributed by atoms with van der Waals surface area (Å²) in [7, 11) is -2.08. The molecular weight excluding hydrogens is 933 g/mol. The van der Waals surface area contributed by atoms with E-state index in [2.05, 4.69) is 38.0 Å². The fourth-order valence-corrected chi connectivity index (χ4v) is 10.3. The van der Waals surface area contributed by atoms with Crippen LogP contribution in [0.1, 0.15) is 99.5 Å². The van der Waals surface area contributed by atoms with Gasteiger partial charge in [0.25, 0.3) is 21.8 Å². The molecule has 368 valence electrons. The molecule has 7 aromatic rings. The van der Waals surface area contributed by atoms with Crippen LogP contribution < -0.4 is 17.7 Å². The Morgan fingerprint density at radius 3 is 1.58 bits per heavy atom. The van der Waals surface area contributed by atoms with Crippen LogP contribution in [0.15, 0.2) is 99.2 Å². The predicted octanol–water partition coefficient (Wildman–Crippen LogP) is 5.13. The molecule has 0 bridgehead atoms. The van der Waals surface area contributed by atoms with Gasteiger partial charge in [0.15, 0.2) is 27.7 Å². The average molecular weight is 992 g/mol. The lowest BCUT2D eigenvalue weighted by atomic mass is 9.99. The van der Waals surface area contributed by atoms with Crippen molar-refractivity contribution in [2.75, 3.05) is 39.3 Å². The number of hydrogen-bond donors (Lipinski definition) is 1. The van der Waals surface area contributed by atoms with Crippen LogP contribution in [-0.4, -0.2) is 104 Å². The summed E-state index contributed by atoms with van der Waals surface area (Å²) < 4.78 is 68.1. The summed E-state index contributed by atoms with van der Waals surface area (Å²) in [6.45, 7) is 18.9. The number of piperazine rings is 2. The fourth-order valence-electron chi connectivity index (χ4n) is 8.77. The van der Waals surface area contributed by atoms with Gasteiger partial charge in [-0.25, -0.2) is 32.2 Å². The molecule has 0 aliphatic carbocycles. The topological polar surface area (TPSA) is 164 Å². The number of nitrogens with zero attached hydrogens (tertiary/aromatic N) is 7. The van der Waals surface area contributed by atoms with Gasteiger partial charge in [-0.3, -0.25) is 14.3 Å². The van der Waals surface area contributed by atoms with Crippen molar-refractivity contribution in [3.8, 4) is 22.5 Å². The van der Waals surface area contributed by atoms with E-state index in [-0.39, 0.29) is 88.4 Å². The molecule has 5 aromatic heterocycles. The van der Waals surface area contributed by atoms with Gasteiger partial charge >= 0.3 is 0 Å². The smallest absolute Gasteiger partial charge is 0.290 e. The maximum Gasteiger partial charge on any atom is 0.290 e. The number of pyridine rings is 2. The Balaban J connectivity index is 0.000000228. The van der Waals surface area contributed by atoms with Gasteiger partial charge in [-0.05, 0) is 100 Å². The van der Waals surface area contributed by atoms with Crippen molar-refractivity contribution in [3.63, 3.8) is 0 Å². The third kappa shape index (κ3) is 10.6. The second-order valence-electron chi connectivity index (χ2n) is 19.2. The van der Waals surface area contributed by atoms with Crippen LogP contribution in [0.3, 0.4) is 0 Å². The fraction of sp³-hybridized carbons (Fsp3) is 0.380. The molecule has 69 heavy (non-hydrogen) atoms. The molecule has 0 unspecified atom stereocenters. The van der Waals surface area contributed by atoms with E-state index in [0.717, 1.165) is 41.0 Å². The average Bonchev–Trinajstić information content (AvgIpc) is 4.04.